The zero-order valence-electron chi connectivity index (χ0n) is 17.6. The van der Waals surface area contributed by atoms with Crippen LogP contribution in [0.15, 0.2) is 79.4 Å². The summed E-state index contributed by atoms with van der Waals surface area (Å²) in [6, 6.07) is 14.2. The van der Waals surface area contributed by atoms with Crippen molar-refractivity contribution in [1.82, 2.24) is 4.57 Å². The molecular weight excluding hydrogens is 480 g/mol. The fraction of sp³-hybridized carbons (Fsp3) is 0.125. The Bertz CT molecular complexity index is 1560. The summed E-state index contributed by atoms with van der Waals surface area (Å²) in [5, 5.41) is 2.56. The van der Waals surface area contributed by atoms with E-state index in [1.807, 2.05) is 41.8 Å². The van der Waals surface area contributed by atoms with Gasteiger partial charge in [-0.2, -0.15) is 0 Å². The molecule has 6 nitrogen and oxygen atoms in total. The van der Waals surface area contributed by atoms with Gasteiger partial charge in [-0.3, -0.25) is 9.36 Å². The van der Waals surface area contributed by atoms with E-state index in [0.717, 1.165) is 10.4 Å². The maximum Gasteiger partial charge on any atom is 0.338 e. The van der Waals surface area contributed by atoms with Crippen molar-refractivity contribution in [2.75, 3.05) is 7.11 Å². The van der Waals surface area contributed by atoms with Crippen molar-refractivity contribution in [1.29, 1.82) is 0 Å². The van der Waals surface area contributed by atoms with Gasteiger partial charge in [0.1, 0.15) is 17.6 Å². The summed E-state index contributed by atoms with van der Waals surface area (Å²) in [7, 11) is 1.33. The predicted octanol–water partition coefficient (Wildman–Crippen LogP) is 4.38. The zero-order valence-corrected chi connectivity index (χ0v) is 20.0. The number of nitrogens with zero attached hydrogens (tertiary/aromatic N) is 2. The van der Waals surface area contributed by atoms with Crippen LogP contribution in [-0.2, 0) is 9.53 Å². The van der Waals surface area contributed by atoms with Gasteiger partial charge in [-0.25, -0.2) is 9.79 Å². The van der Waals surface area contributed by atoms with E-state index in [4.69, 9.17) is 20.8 Å². The molecule has 0 radical (unpaired) electrons. The maximum atomic E-state index is 13.5. The van der Waals surface area contributed by atoms with Crippen LogP contribution in [0.5, 0.6) is 0 Å². The average Bonchev–Trinajstić information content (AvgIpc) is 3.55. The number of aromatic nitrogens is 1. The summed E-state index contributed by atoms with van der Waals surface area (Å²) in [6.45, 7) is 1.76. The van der Waals surface area contributed by atoms with Crippen molar-refractivity contribution in [3.05, 3.63) is 101 Å². The normalized spacial score (nSPS) is 16.0. The first-order chi connectivity index (χ1) is 16.0. The lowest BCUT2D eigenvalue weighted by atomic mass is 10.0. The van der Waals surface area contributed by atoms with Gasteiger partial charge in [-0.15, -0.1) is 11.3 Å². The Hall–Kier alpha value is -3.20. The van der Waals surface area contributed by atoms with E-state index in [0.29, 0.717) is 37.1 Å². The van der Waals surface area contributed by atoms with Crippen LogP contribution in [0.25, 0.3) is 17.4 Å². The van der Waals surface area contributed by atoms with Gasteiger partial charge in [-0.05, 0) is 54.8 Å². The van der Waals surface area contributed by atoms with Crippen LogP contribution in [0.2, 0.25) is 5.02 Å². The molecule has 166 valence electrons. The number of thiophene rings is 1. The molecule has 5 rings (SSSR count). The summed E-state index contributed by atoms with van der Waals surface area (Å²) in [5.74, 6) is 0.718. The quantitative estimate of drug-likeness (QED) is 0.393. The highest BCUT2D eigenvalue weighted by molar-refractivity contribution is 7.10. The Labute approximate surface area is 201 Å². The average molecular weight is 497 g/mol. The van der Waals surface area contributed by atoms with Crippen molar-refractivity contribution in [3.8, 4) is 11.3 Å². The minimum Gasteiger partial charge on any atom is -0.466 e. The van der Waals surface area contributed by atoms with Crippen LogP contribution in [0.4, 0.5) is 0 Å². The number of methoxy groups -OCH3 is 1. The van der Waals surface area contributed by atoms with E-state index in [-0.39, 0.29) is 5.56 Å². The summed E-state index contributed by atoms with van der Waals surface area (Å²) in [6.07, 6.45) is 1.70. The summed E-state index contributed by atoms with van der Waals surface area (Å²) >= 11 is 8.70. The van der Waals surface area contributed by atoms with Crippen LogP contribution >= 0.6 is 34.3 Å². The number of benzene rings is 1. The third-order valence-corrected chi connectivity index (χ3v) is 7.43. The summed E-state index contributed by atoms with van der Waals surface area (Å²) < 4.78 is 13.0. The number of furan rings is 1. The molecule has 0 aliphatic carbocycles. The van der Waals surface area contributed by atoms with Gasteiger partial charge in [0, 0.05) is 21.5 Å². The maximum absolute atomic E-state index is 13.5. The first-order valence-corrected chi connectivity index (χ1v) is 12.0. The molecule has 1 atom stereocenters. The second-order valence-electron chi connectivity index (χ2n) is 7.30. The molecule has 0 saturated carbocycles. The number of allylic oxidation sites excluding steroid dienone is 1. The van der Waals surface area contributed by atoms with Crippen LogP contribution in [0, 0.1) is 0 Å². The van der Waals surface area contributed by atoms with E-state index in [9.17, 15) is 9.59 Å². The number of hydrogen-bond donors (Lipinski definition) is 0. The molecular formula is C24H17ClN2O4S2. The predicted molar refractivity (Wildman–Crippen MR) is 129 cm³/mol. The number of ether oxygens (including phenoxy) is 1. The van der Waals surface area contributed by atoms with Gasteiger partial charge >= 0.3 is 5.97 Å². The number of carbonyl (C=O) groups excluding carboxylic acids is 1. The molecule has 0 unspecified atom stereocenters. The van der Waals surface area contributed by atoms with Crippen molar-refractivity contribution in [2.45, 2.75) is 13.0 Å². The zero-order chi connectivity index (χ0) is 23.1. The van der Waals surface area contributed by atoms with Gasteiger partial charge in [0.15, 0.2) is 4.80 Å². The molecule has 1 aliphatic heterocycles. The molecule has 33 heavy (non-hydrogen) atoms. The van der Waals surface area contributed by atoms with Gasteiger partial charge in [0.05, 0.1) is 22.9 Å². The lowest BCUT2D eigenvalue weighted by Gasteiger charge is -2.22. The fourth-order valence-corrected chi connectivity index (χ4v) is 5.71. The second kappa shape index (κ2) is 8.62. The minimum atomic E-state index is -0.586. The monoisotopic (exact) mass is 496 g/mol. The highest BCUT2D eigenvalue weighted by Gasteiger charge is 2.33. The van der Waals surface area contributed by atoms with Crippen LogP contribution in [-0.4, -0.2) is 17.6 Å². The Kier molecular flexibility index (Phi) is 5.65. The topological polar surface area (TPSA) is 73.8 Å². The Morgan fingerprint density at radius 3 is 2.70 bits per heavy atom. The number of thiazole rings is 1. The van der Waals surface area contributed by atoms with E-state index >= 15 is 0 Å². The fourth-order valence-electron chi connectivity index (χ4n) is 3.74. The summed E-state index contributed by atoms with van der Waals surface area (Å²) in [5.41, 5.74) is 1.55. The molecule has 0 fully saturated rings. The van der Waals surface area contributed by atoms with E-state index in [1.54, 1.807) is 29.7 Å². The molecule has 0 saturated heterocycles. The molecule has 0 N–H and O–H groups in total. The van der Waals surface area contributed by atoms with Crippen molar-refractivity contribution in [3.63, 3.8) is 0 Å². The van der Waals surface area contributed by atoms with E-state index in [2.05, 4.69) is 4.99 Å². The molecule has 0 spiro atoms. The molecule has 1 aromatic carbocycles. The second-order valence-corrected chi connectivity index (χ2v) is 9.72. The number of esters is 1. The van der Waals surface area contributed by atoms with Gasteiger partial charge in [-0.1, -0.05) is 29.0 Å². The SMILES string of the molecule is COC(=O)C1=C(C)N=c2s/c(=C/c3ccc(-c4ccc(Cl)cc4)o3)c(=O)n2[C@@H]1c1cccs1. The number of carbonyl (C=O) groups is 1. The Morgan fingerprint density at radius 1 is 1.21 bits per heavy atom. The molecule has 4 heterocycles. The van der Waals surface area contributed by atoms with E-state index in [1.165, 1.54) is 29.8 Å². The largest absolute Gasteiger partial charge is 0.466 e. The number of rotatable bonds is 4. The van der Waals surface area contributed by atoms with Gasteiger partial charge in [0.25, 0.3) is 5.56 Å². The van der Waals surface area contributed by atoms with Crippen LogP contribution in [0.3, 0.4) is 0 Å². The van der Waals surface area contributed by atoms with Crippen molar-refractivity contribution in [2.24, 2.45) is 4.99 Å². The highest BCUT2D eigenvalue weighted by atomic mass is 35.5. The third kappa shape index (κ3) is 3.90. The van der Waals surface area contributed by atoms with Gasteiger partial charge in [0.2, 0.25) is 0 Å². The smallest absolute Gasteiger partial charge is 0.338 e. The first-order valence-electron chi connectivity index (χ1n) is 9.96. The molecule has 9 heteroatoms. The standard InChI is InChI=1S/C24H17ClN2O4S2/c1-13-20(23(29)30-2)21(18-4-3-11-32-18)27-22(28)19(33-24(27)26-13)12-16-9-10-17(31-16)14-5-7-15(25)8-6-14/h3-12,21H,1-2H3/b19-12+/t21-/m1/s1. The van der Waals surface area contributed by atoms with Crippen LogP contribution in [0.1, 0.15) is 23.6 Å². The molecule has 1 aliphatic rings. The van der Waals surface area contributed by atoms with Crippen LogP contribution < -0.4 is 14.9 Å². The van der Waals surface area contributed by atoms with Crippen molar-refractivity contribution < 1.29 is 13.9 Å². The van der Waals surface area contributed by atoms with Crippen molar-refractivity contribution >= 4 is 46.3 Å². The first kappa shape index (κ1) is 21.6. The molecule has 0 bridgehead atoms. The third-order valence-electron chi connectivity index (χ3n) is 5.27. The van der Waals surface area contributed by atoms with Gasteiger partial charge < -0.3 is 9.15 Å². The Morgan fingerprint density at radius 2 is 2.00 bits per heavy atom. The Balaban J connectivity index is 1.62. The number of halogens is 1. The highest BCUT2D eigenvalue weighted by Crippen LogP contribution is 2.33. The molecule has 0 amide bonds. The lowest BCUT2D eigenvalue weighted by molar-refractivity contribution is -0.136. The summed E-state index contributed by atoms with van der Waals surface area (Å²) in [4.78, 5) is 32.0. The molecule has 4 aromatic rings. The minimum absolute atomic E-state index is 0.240. The lowest BCUT2D eigenvalue weighted by Crippen LogP contribution is -2.39. The van der Waals surface area contributed by atoms with E-state index < -0.39 is 12.0 Å². The number of hydrogen-bond acceptors (Lipinski definition) is 7. The molecule has 3 aromatic heterocycles. The number of fused-ring (bicyclic) bond motifs is 1.